The molecule has 2 atom stereocenters. The second-order valence-corrected chi connectivity index (χ2v) is 6.63. The van der Waals surface area contributed by atoms with Crippen molar-refractivity contribution >= 4 is 24.2 Å². The Morgan fingerprint density at radius 3 is 2.27 bits per heavy atom. The summed E-state index contributed by atoms with van der Waals surface area (Å²) in [5.74, 6) is 1.05. The Balaban J connectivity index is 0.00000242. The molecule has 0 aromatic carbocycles. The first-order chi connectivity index (χ1) is 10.1. The fourth-order valence-electron chi connectivity index (χ4n) is 3.86. The predicted octanol–water partition coefficient (Wildman–Crippen LogP) is 1.74. The molecule has 2 aliphatic carbocycles. The molecule has 5 nitrogen and oxygen atoms in total. The summed E-state index contributed by atoms with van der Waals surface area (Å²) in [6, 6.07) is 0.582. The monoisotopic (exact) mass is 331 g/mol. The summed E-state index contributed by atoms with van der Waals surface area (Å²) in [4.78, 5) is 23.6. The second-order valence-electron chi connectivity index (χ2n) is 6.63. The molecule has 0 aromatic heterocycles. The number of carbonyl (C=O) groups is 2. The molecule has 2 saturated carbocycles. The minimum atomic E-state index is -0.0298. The lowest BCUT2D eigenvalue weighted by molar-refractivity contribution is -0.127. The Labute approximate surface area is 139 Å². The van der Waals surface area contributed by atoms with Crippen molar-refractivity contribution in [2.45, 2.75) is 70.4 Å². The van der Waals surface area contributed by atoms with Gasteiger partial charge in [0.1, 0.15) is 0 Å². The van der Waals surface area contributed by atoms with E-state index >= 15 is 0 Å². The van der Waals surface area contributed by atoms with Crippen LogP contribution >= 0.6 is 12.4 Å². The van der Waals surface area contributed by atoms with Crippen LogP contribution in [-0.2, 0) is 9.59 Å². The minimum Gasteiger partial charge on any atom is -0.356 e. The van der Waals surface area contributed by atoms with E-state index in [4.69, 9.17) is 5.73 Å². The van der Waals surface area contributed by atoms with E-state index in [0.717, 1.165) is 19.3 Å². The molecule has 2 fully saturated rings. The fourth-order valence-corrected chi connectivity index (χ4v) is 3.86. The Morgan fingerprint density at radius 1 is 1.09 bits per heavy atom. The third-order valence-corrected chi connectivity index (χ3v) is 4.86. The highest BCUT2D eigenvalue weighted by Gasteiger charge is 2.39. The van der Waals surface area contributed by atoms with E-state index in [1.165, 1.54) is 19.3 Å². The summed E-state index contributed by atoms with van der Waals surface area (Å²) in [6.07, 6.45) is 7.15. The number of nitrogens with two attached hydrogens (primary N) is 1. The number of rotatable bonds is 6. The highest BCUT2D eigenvalue weighted by Crippen LogP contribution is 2.39. The van der Waals surface area contributed by atoms with Gasteiger partial charge in [-0.2, -0.15) is 0 Å². The Kier molecular flexibility index (Phi) is 8.18. The fraction of sp³-hybridized carbons (Fsp3) is 0.875. The van der Waals surface area contributed by atoms with Crippen LogP contribution in [0.5, 0.6) is 0 Å². The Bertz CT molecular complexity index is 364. The van der Waals surface area contributed by atoms with Gasteiger partial charge in [-0.05, 0) is 43.9 Å². The molecular weight excluding hydrogens is 302 g/mol. The molecule has 0 aromatic rings. The van der Waals surface area contributed by atoms with Gasteiger partial charge >= 0.3 is 0 Å². The van der Waals surface area contributed by atoms with E-state index in [-0.39, 0.29) is 43.1 Å². The lowest BCUT2D eigenvalue weighted by atomic mass is 9.67. The summed E-state index contributed by atoms with van der Waals surface area (Å²) >= 11 is 0. The first-order valence-corrected chi connectivity index (χ1v) is 8.41. The molecule has 128 valence electrons. The van der Waals surface area contributed by atoms with Gasteiger partial charge in [-0.3, -0.25) is 9.59 Å². The second kappa shape index (κ2) is 9.36. The molecule has 0 heterocycles. The van der Waals surface area contributed by atoms with E-state index in [9.17, 15) is 9.59 Å². The van der Waals surface area contributed by atoms with Crippen molar-refractivity contribution in [3.8, 4) is 0 Å². The highest BCUT2D eigenvalue weighted by molar-refractivity contribution is 5.85. The molecule has 4 N–H and O–H groups in total. The van der Waals surface area contributed by atoms with Crippen LogP contribution in [0.2, 0.25) is 0 Å². The van der Waals surface area contributed by atoms with Gasteiger partial charge in [0.25, 0.3) is 0 Å². The molecule has 2 bridgehead atoms. The maximum Gasteiger partial charge on any atom is 0.220 e. The number of halogens is 1. The number of nitrogens with one attached hydrogen (secondary N) is 2. The normalized spacial score (nSPS) is 30.1. The van der Waals surface area contributed by atoms with Crippen molar-refractivity contribution in [1.82, 2.24) is 10.6 Å². The molecule has 22 heavy (non-hydrogen) atoms. The van der Waals surface area contributed by atoms with Gasteiger partial charge in [-0.25, -0.2) is 0 Å². The van der Waals surface area contributed by atoms with Gasteiger partial charge in [0.2, 0.25) is 11.8 Å². The molecule has 6 heteroatoms. The van der Waals surface area contributed by atoms with Gasteiger partial charge in [0, 0.05) is 31.5 Å². The molecule has 0 aliphatic heterocycles. The summed E-state index contributed by atoms with van der Waals surface area (Å²) in [7, 11) is 0. The zero-order chi connectivity index (χ0) is 15.2. The lowest BCUT2D eigenvalue weighted by Crippen LogP contribution is -2.53. The lowest BCUT2D eigenvalue weighted by Gasteiger charge is -2.45. The van der Waals surface area contributed by atoms with Crippen LogP contribution in [0, 0.1) is 11.8 Å². The zero-order valence-corrected chi connectivity index (χ0v) is 14.3. The molecule has 0 spiro atoms. The van der Waals surface area contributed by atoms with E-state index < -0.39 is 0 Å². The van der Waals surface area contributed by atoms with Crippen LogP contribution < -0.4 is 16.4 Å². The topological polar surface area (TPSA) is 84.2 Å². The van der Waals surface area contributed by atoms with E-state index in [1.54, 1.807) is 0 Å². The number of carbonyl (C=O) groups excluding carboxylic acids is 2. The van der Waals surface area contributed by atoms with Gasteiger partial charge in [-0.1, -0.05) is 13.3 Å². The van der Waals surface area contributed by atoms with Crippen molar-refractivity contribution in [3.05, 3.63) is 0 Å². The van der Waals surface area contributed by atoms with E-state index in [2.05, 4.69) is 10.6 Å². The summed E-state index contributed by atoms with van der Waals surface area (Å²) in [5.41, 5.74) is 6.10. The summed E-state index contributed by atoms with van der Waals surface area (Å²) in [5, 5.41) is 5.98. The zero-order valence-electron chi connectivity index (χ0n) is 13.5. The third-order valence-electron chi connectivity index (χ3n) is 4.86. The largest absolute Gasteiger partial charge is 0.356 e. The molecule has 0 saturated heterocycles. The first kappa shape index (κ1) is 19.2. The third kappa shape index (κ3) is 5.43. The smallest absolute Gasteiger partial charge is 0.220 e. The van der Waals surface area contributed by atoms with E-state index in [1.807, 2.05) is 6.92 Å². The summed E-state index contributed by atoms with van der Waals surface area (Å²) < 4.78 is 0. The van der Waals surface area contributed by atoms with Crippen LogP contribution in [0.15, 0.2) is 0 Å². The van der Waals surface area contributed by atoms with Crippen LogP contribution in [0.1, 0.15) is 58.3 Å². The highest BCUT2D eigenvalue weighted by atomic mass is 35.5. The van der Waals surface area contributed by atoms with Gasteiger partial charge in [-0.15, -0.1) is 12.4 Å². The van der Waals surface area contributed by atoms with Crippen molar-refractivity contribution in [3.63, 3.8) is 0 Å². The Morgan fingerprint density at radius 2 is 1.68 bits per heavy atom. The maximum atomic E-state index is 12.1. The van der Waals surface area contributed by atoms with Crippen LogP contribution in [-0.4, -0.2) is 30.4 Å². The Hall–Kier alpha value is -0.810. The van der Waals surface area contributed by atoms with Gasteiger partial charge in [0.15, 0.2) is 0 Å². The molecule has 2 amide bonds. The van der Waals surface area contributed by atoms with Crippen molar-refractivity contribution in [1.29, 1.82) is 0 Å². The average Bonchev–Trinajstić information content (AvgIpc) is 2.44. The first-order valence-electron chi connectivity index (χ1n) is 8.41. The van der Waals surface area contributed by atoms with Crippen LogP contribution in [0.3, 0.4) is 0 Å². The van der Waals surface area contributed by atoms with Crippen LogP contribution in [0.25, 0.3) is 0 Å². The van der Waals surface area contributed by atoms with Crippen molar-refractivity contribution in [2.75, 3.05) is 6.54 Å². The average molecular weight is 332 g/mol. The predicted molar refractivity (Wildman–Crippen MR) is 89.8 cm³/mol. The number of hydrogen-bond acceptors (Lipinski definition) is 3. The van der Waals surface area contributed by atoms with E-state index in [0.29, 0.717) is 24.4 Å². The molecular formula is C16H30ClN3O2. The minimum absolute atomic E-state index is 0. The molecule has 0 radical (unpaired) electrons. The number of fused-ring (bicyclic) bond motifs is 2. The maximum absolute atomic E-state index is 12.1. The van der Waals surface area contributed by atoms with Gasteiger partial charge < -0.3 is 16.4 Å². The number of hydrogen-bond donors (Lipinski definition) is 3. The van der Waals surface area contributed by atoms with Crippen molar-refractivity contribution in [2.24, 2.45) is 17.6 Å². The quantitative estimate of drug-likeness (QED) is 0.693. The summed E-state index contributed by atoms with van der Waals surface area (Å²) in [6.45, 7) is 2.70. The van der Waals surface area contributed by atoms with Gasteiger partial charge in [0.05, 0.1) is 0 Å². The molecule has 2 rings (SSSR count). The number of amides is 2. The molecule has 2 aliphatic rings. The standard InChI is InChI=1S/C16H29N3O2.ClH/c1-2-8-18-14(20)6-7-15(21)19-16-11-4-3-5-12(16)10-13(17)9-11;/h11-13,16H,2-10,17H2,1H3,(H,18,20)(H,19,21);1H. The van der Waals surface area contributed by atoms with Crippen molar-refractivity contribution < 1.29 is 9.59 Å². The SMILES string of the molecule is CCCNC(=O)CCC(=O)NC1C2CCCC1CC(N)C2.Cl. The molecule has 2 unspecified atom stereocenters. The van der Waals surface area contributed by atoms with Crippen LogP contribution in [0.4, 0.5) is 0 Å².